The highest BCUT2D eigenvalue weighted by Gasteiger charge is 2.02. The fraction of sp³-hybridized carbons (Fsp3) is 0.625. The summed E-state index contributed by atoms with van der Waals surface area (Å²) in [5.41, 5.74) is 0.128. The van der Waals surface area contributed by atoms with Crippen molar-refractivity contribution in [3.63, 3.8) is 0 Å². The number of imidazole rings is 1. The van der Waals surface area contributed by atoms with E-state index in [2.05, 4.69) is 26.0 Å². The van der Waals surface area contributed by atoms with E-state index >= 15 is 0 Å². The minimum atomic E-state index is 0.128. The van der Waals surface area contributed by atoms with Gasteiger partial charge in [0.2, 0.25) is 0 Å². The van der Waals surface area contributed by atoms with E-state index in [1.807, 2.05) is 42.4 Å². The molecular weight excluding hydrogens is 149 g/mol. The molecule has 0 aliphatic heterocycles. The third-order valence-electron chi connectivity index (χ3n) is 1.44. The van der Waals surface area contributed by atoms with Crippen LogP contribution in [-0.2, 0) is 7.05 Å². The zero-order valence-electron chi connectivity index (χ0n) is 8.20. The molecule has 4 heteroatoms. The van der Waals surface area contributed by atoms with Gasteiger partial charge in [-0.1, -0.05) is 20.8 Å². The lowest BCUT2D eigenvalue weighted by atomic mass is 10.0. The normalized spacial score (nSPS) is 12.0. The molecule has 0 aliphatic carbocycles. The molecule has 1 rings (SSSR count). The van der Waals surface area contributed by atoms with Crippen molar-refractivity contribution in [2.24, 2.45) is 7.05 Å². The summed E-state index contributed by atoms with van der Waals surface area (Å²) >= 11 is 0. The number of aromatic nitrogens is 2. The molecule has 0 saturated heterocycles. The summed E-state index contributed by atoms with van der Waals surface area (Å²) in [5, 5.41) is 3.28. The number of hydrogen-bond donors (Lipinski definition) is 1. The Morgan fingerprint density at radius 3 is 2.50 bits per heavy atom. The zero-order chi connectivity index (χ0) is 9.19. The third-order valence-corrected chi connectivity index (χ3v) is 1.44. The van der Waals surface area contributed by atoms with Crippen LogP contribution in [-0.4, -0.2) is 17.7 Å². The molecule has 0 bridgehead atoms. The summed E-state index contributed by atoms with van der Waals surface area (Å²) in [7, 11) is 3.96. The summed E-state index contributed by atoms with van der Waals surface area (Å²) in [5.74, 6) is 0. The van der Waals surface area contributed by atoms with Crippen molar-refractivity contribution < 1.29 is 4.48 Å². The second-order valence-electron chi connectivity index (χ2n) is 4.05. The van der Waals surface area contributed by atoms with E-state index in [9.17, 15) is 0 Å². The molecule has 0 aliphatic rings. The van der Waals surface area contributed by atoms with E-state index in [-0.39, 0.29) is 5.54 Å². The van der Waals surface area contributed by atoms with Crippen molar-refractivity contribution in [3.05, 3.63) is 18.7 Å². The SMILES string of the molecule is Cn1cc[n+]([B-]NC(C)(C)C)c1. The first-order valence-corrected chi connectivity index (χ1v) is 4.11. The minimum absolute atomic E-state index is 0.128. The van der Waals surface area contributed by atoms with Gasteiger partial charge in [0.15, 0.2) is 6.33 Å². The molecule has 0 aromatic carbocycles. The van der Waals surface area contributed by atoms with Crippen molar-refractivity contribution in [2.45, 2.75) is 26.3 Å². The van der Waals surface area contributed by atoms with Gasteiger partial charge in [-0.05, 0) is 5.54 Å². The van der Waals surface area contributed by atoms with Crippen molar-refractivity contribution in [1.82, 2.24) is 9.79 Å². The van der Waals surface area contributed by atoms with E-state index in [4.69, 9.17) is 0 Å². The Bertz CT molecular complexity index is 249. The molecule has 0 saturated carbocycles. The first-order valence-electron chi connectivity index (χ1n) is 4.11. The molecule has 1 aromatic rings. The molecule has 2 radical (unpaired) electrons. The van der Waals surface area contributed by atoms with Crippen LogP contribution in [0.2, 0.25) is 0 Å². The molecule has 0 atom stereocenters. The van der Waals surface area contributed by atoms with Crippen molar-refractivity contribution >= 4 is 7.55 Å². The lowest BCUT2D eigenvalue weighted by molar-refractivity contribution is -0.531. The van der Waals surface area contributed by atoms with E-state index in [0.717, 1.165) is 0 Å². The highest BCUT2D eigenvalue weighted by atomic mass is 15.1. The van der Waals surface area contributed by atoms with Crippen LogP contribution < -0.4 is 9.71 Å². The van der Waals surface area contributed by atoms with Gasteiger partial charge in [0, 0.05) is 7.55 Å². The van der Waals surface area contributed by atoms with E-state index < -0.39 is 0 Å². The fourth-order valence-corrected chi connectivity index (χ4v) is 0.814. The van der Waals surface area contributed by atoms with Crippen molar-refractivity contribution in [1.29, 1.82) is 0 Å². The van der Waals surface area contributed by atoms with Crippen LogP contribution >= 0.6 is 0 Å². The Morgan fingerprint density at radius 2 is 2.08 bits per heavy atom. The number of rotatable bonds is 2. The average molecular weight is 165 g/mol. The van der Waals surface area contributed by atoms with Crippen molar-refractivity contribution in [3.8, 4) is 0 Å². The van der Waals surface area contributed by atoms with Crippen LogP contribution in [0.3, 0.4) is 0 Å². The number of nitrogens with one attached hydrogen (secondary N) is 1. The van der Waals surface area contributed by atoms with Gasteiger partial charge in [-0.3, -0.25) is 0 Å². The van der Waals surface area contributed by atoms with Gasteiger partial charge in [-0.15, -0.1) is 0 Å². The Hall–Kier alpha value is -0.765. The van der Waals surface area contributed by atoms with Gasteiger partial charge in [0.1, 0.15) is 6.20 Å². The van der Waals surface area contributed by atoms with Gasteiger partial charge in [-0.2, -0.15) is 0 Å². The summed E-state index contributed by atoms with van der Waals surface area (Å²) in [6.45, 7) is 6.40. The van der Waals surface area contributed by atoms with E-state index in [1.165, 1.54) is 0 Å². The lowest BCUT2D eigenvalue weighted by Crippen LogP contribution is -2.53. The highest BCUT2D eigenvalue weighted by Crippen LogP contribution is 1.95. The largest absolute Gasteiger partial charge is 0.495 e. The molecule has 1 aromatic heterocycles. The monoisotopic (exact) mass is 165 g/mol. The fourth-order valence-electron chi connectivity index (χ4n) is 0.814. The van der Waals surface area contributed by atoms with Gasteiger partial charge in [0.05, 0.1) is 13.2 Å². The molecule has 1 heterocycles. The molecule has 0 spiro atoms. The van der Waals surface area contributed by atoms with Crippen LogP contribution in [0.4, 0.5) is 0 Å². The number of hydrogen-bond acceptors (Lipinski definition) is 1. The topological polar surface area (TPSA) is 20.8 Å². The molecule has 66 valence electrons. The summed E-state index contributed by atoms with van der Waals surface area (Å²) in [6, 6.07) is 0. The molecule has 3 nitrogen and oxygen atoms in total. The Labute approximate surface area is 74.7 Å². The van der Waals surface area contributed by atoms with Crippen LogP contribution in [0.25, 0.3) is 0 Å². The standard InChI is InChI=1S/C8H16BN3/c1-8(2,3)10-9-12-6-5-11(4)7-12/h5-7,10H,1-4H3. The first-order chi connectivity index (χ1) is 5.47. The van der Waals surface area contributed by atoms with Gasteiger partial charge >= 0.3 is 0 Å². The average Bonchev–Trinajstić information content (AvgIpc) is 2.30. The lowest BCUT2D eigenvalue weighted by Gasteiger charge is -2.28. The Balaban J connectivity index is 2.44. The predicted molar refractivity (Wildman–Crippen MR) is 49.6 cm³/mol. The molecular formula is C8H16BN3. The van der Waals surface area contributed by atoms with Gasteiger partial charge in [-0.25, -0.2) is 4.57 Å². The number of nitrogens with zero attached hydrogens (tertiary/aromatic N) is 2. The maximum absolute atomic E-state index is 3.28. The second kappa shape index (κ2) is 3.31. The van der Waals surface area contributed by atoms with Crippen molar-refractivity contribution in [2.75, 3.05) is 0 Å². The van der Waals surface area contributed by atoms with Gasteiger partial charge in [0.25, 0.3) is 0 Å². The van der Waals surface area contributed by atoms with Gasteiger partial charge < -0.3 is 9.71 Å². The number of aryl methyl sites for hydroxylation is 1. The van der Waals surface area contributed by atoms with E-state index in [0.29, 0.717) is 0 Å². The third kappa shape index (κ3) is 3.09. The van der Waals surface area contributed by atoms with E-state index in [1.54, 1.807) is 0 Å². The van der Waals surface area contributed by atoms with Crippen LogP contribution in [0, 0.1) is 0 Å². The predicted octanol–water partition coefficient (Wildman–Crippen LogP) is 0.0830. The molecule has 12 heavy (non-hydrogen) atoms. The van der Waals surface area contributed by atoms with Crippen LogP contribution in [0.15, 0.2) is 18.7 Å². The summed E-state index contributed by atoms with van der Waals surface area (Å²) in [6.07, 6.45) is 6.00. The van der Waals surface area contributed by atoms with Crippen LogP contribution in [0.5, 0.6) is 0 Å². The maximum atomic E-state index is 3.28. The summed E-state index contributed by atoms with van der Waals surface area (Å²) in [4.78, 5) is 0. The zero-order valence-corrected chi connectivity index (χ0v) is 8.20. The summed E-state index contributed by atoms with van der Waals surface area (Å²) < 4.78 is 3.99. The van der Waals surface area contributed by atoms with Crippen LogP contribution in [0.1, 0.15) is 20.8 Å². The minimum Gasteiger partial charge on any atom is -0.495 e. The quantitative estimate of drug-likeness (QED) is 0.615. The molecule has 0 fully saturated rings. The Kier molecular flexibility index (Phi) is 2.57. The first kappa shape index (κ1) is 9.32. The highest BCUT2D eigenvalue weighted by molar-refractivity contribution is 6.20. The smallest absolute Gasteiger partial charge is 0.193 e. The molecule has 0 unspecified atom stereocenters. The molecule has 0 amide bonds. The Morgan fingerprint density at radius 1 is 1.42 bits per heavy atom. The maximum Gasteiger partial charge on any atom is 0.193 e. The second-order valence-corrected chi connectivity index (χ2v) is 4.05. The molecule has 1 N–H and O–H groups in total.